The summed E-state index contributed by atoms with van der Waals surface area (Å²) in [7, 11) is 0. The quantitative estimate of drug-likeness (QED) is 0.887. The first kappa shape index (κ1) is 12.4. The van der Waals surface area contributed by atoms with Gasteiger partial charge in [0.2, 0.25) is 0 Å². The van der Waals surface area contributed by atoms with Crippen LogP contribution in [0.2, 0.25) is 0 Å². The Labute approximate surface area is 107 Å². The fraction of sp³-hybridized carbons (Fsp3) is 0.267. The maximum atomic E-state index is 11.3. The number of nitrogens with zero attached hydrogens (tertiary/aromatic N) is 1. The molecule has 0 fully saturated rings. The average Bonchev–Trinajstić information content (AvgIpc) is 2.61. The molecule has 0 aromatic heterocycles. The van der Waals surface area contributed by atoms with Gasteiger partial charge in [-0.1, -0.05) is 42.5 Å². The van der Waals surface area contributed by atoms with Gasteiger partial charge in [0.1, 0.15) is 5.70 Å². The van der Waals surface area contributed by atoms with Gasteiger partial charge in [0, 0.05) is 6.54 Å². The van der Waals surface area contributed by atoms with Gasteiger partial charge in [0.25, 0.3) is 0 Å². The van der Waals surface area contributed by atoms with E-state index in [2.05, 4.69) is 0 Å². The van der Waals surface area contributed by atoms with Crippen molar-refractivity contribution < 1.29 is 9.90 Å². The van der Waals surface area contributed by atoms with Crippen LogP contribution in [0, 0.1) is 0 Å². The second kappa shape index (κ2) is 5.54. The van der Waals surface area contributed by atoms with Gasteiger partial charge in [-0.05, 0) is 25.0 Å². The molecule has 1 aliphatic rings. The number of carboxylic acid groups (broad SMARTS) is 1. The van der Waals surface area contributed by atoms with Gasteiger partial charge in [0.05, 0.1) is 6.04 Å². The van der Waals surface area contributed by atoms with Crippen molar-refractivity contribution in [2.75, 3.05) is 6.54 Å². The number of carboxylic acids is 1. The largest absolute Gasteiger partial charge is 0.477 e. The molecule has 2 rings (SSSR count). The number of rotatable bonds is 3. The first-order valence-electron chi connectivity index (χ1n) is 6.15. The average molecular weight is 243 g/mol. The van der Waals surface area contributed by atoms with E-state index < -0.39 is 5.97 Å². The normalized spacial score (nSPS) is 19.3. The van der Waals surface area contributed by atoms with Crippen molar-refractivity contribution in [3.8, 4) is 0 Å². The lowest BCUT2D eigenvalue weighted by Crippen LogP contribution is -2.31. The summed E-state index contributed by atoms with van der Waals surface area (Å²) in [5.41, 5.74) is 1.51. The highest BCUT2D eigenvalue weighted by atomic mass is 16.4. The van der Waals surface area contributed by atoms with E-state index in [1.54, 1.807) is 6.08 Å². The maximum absolute atomic E-state index is 11.3. The number of likely N-dealkylation sites (N-methyl/N-ethyl adjacent to an activating group) is 1. The Balaban J connectivity index is 2.38. The summed E-state index contributed by atoms with van der Waals surface area (Å²) in [6.45, 7) is 2.66. The Kier molecular flexibility index (Phi) is 3.82. The van der Waals surface area contributed by atoms with Crippen LogP contribution in [0.1, 0.15) is 24.9 Å². The summed E-state index contributed by atoms with van der Waals surface area (Å²) in [5, 5.41) is 9.29. The molecule has 0 spiro atoms. The van der Waals surface area contributed by atoms with E-state index in [4.69, 9.17) is 0 Å². The minimum Gasteiger partial charge on any atom is -0.477 e. The predicted octanol–water partition coefficient (Wildman–Crippen LogP) is 2.98. The van der Waals surface area contributed by atoms with Crippen molar-refractivity contribution in [2.45, 2.75) is 19.4 Å². The zero-order valence-corrected chi connectivity index (χ0v) is 10.4. The first-order chi connectivity index (χ1) is 8.74. The highest BCUT2D eigenvalue weighted by Gasteiger charge is 2.25. The third kappa shape index (κ3) is 2.45. The molecule has 0 saturated carbocycles. The Morgan fingerprint density at radius 2 is 2.11 bits per heavy atom. The van der Waals surface area contributed by atoms with Gasteiger partial charge in [0.15, 0.2) is 0 Å². The molecule has 94 valence electrons. The zero-order valence-electron chi connectivity index (χ0n) is 10.4. The van der Waals surface area contributed by atoms with Gasteiger partial charge < -0.3 is 10.0 Å². The molecule has 1 atom stereocenters. The number of carbonyl (C=O) groups is 1. The molecule has 18 heavy (non-hydrogen) atoms. The summed E-state index contributed by atoms with van der Waals surface area (Å²) in [5.74, 6) is -0.871. The molecule has 0 saturated heterocycles. The minimum absolute atomic E-state index is 0.0947. The second-order valence-corrected chi connectivity index (χ2v) is 4.23. The second-order valence-electron chi connectivity index (χ2n) is 4.23. The number of allylic oxidation sites excluding steroid dienone is 2. The number of hydrogen-bond donors (Lipinski definition) is 1. The monoisotopic (exact) mass is 243 g/mol. The number of hydrogen-bond acceptors (Lipinski definition) is 2. The molecule has 0 amide bonds. The molecule has 1 aromatic carbocycles. The number of aliphatic carboxylic acids is 1. The van der Waals surface area contributed by atoms with Crippen LogP contribution in [0.25, 0.3) is 0 Å². The lowest BCUT2D eigenvalue weighted by atomic mass is 10.0. The van der Waals surface area contributed by atoms with Crippen LogP contribution in [0.5, 0.6) is 0 Å². The molecule has 1 aromatic rings. The van der Waals surface area contributed by atoms with Crippen LogP contribution < -0.4 is 0 Å². The summed E-state index contributed by atoms with van der Waals surface area (Å²) < 4.78 is 0. The van der Waals surface area contributed by atoms with Crippen LogP contribution in [0.3, 0.4) is 0 Å². The van der Waals surface area contributed by atoms with Crippen LogP contribution in [-0.2, 0) is 4.79 Å². The fourth-order valence-corrected chi connectivity index (χ4v) is 2.33. The number of benzene rings is 1. The van der Waals surface area contributed by atoms with E-state index in [1.807, 2.05) is 54.3 Å². The highest BCUT2D eigenvalue weighted by molar-refractivity contribution is 5.86. The highest BCUT2D eigenvalue weighted by Crippen LogP contribution is 2.29. The first-order valence-corrected chi connectivity index (χ1v) is 6.15. The smallest absolute Gasteiger partial charge is 0.352 e. The molecule has 1 unspecified atom stereocenters. The minimum atomic E-state index is -0.871. The van der Waals surface area contributed by atoms with Gasteiger partial charge >= 0.3 is 5.97 Å². The van der Waals surface area contributed by atoms with Crippen molar-refractivity contribution in [2.24, 2.45) is 0 Å². The van der Waals surface area contributed by atoms with E-state index in [1.165, 1.54) is 0 Å². The molecule has 3 heteroatoms. The lowest BCUT2D eigenvalue weighted by Gasteiger charge is -2.31. The molecule has 0 bridgehead atoms. The standard InChI is InChI=1S/C15H17NO2/c1-2-16-13(12-8-4-3-5-9-12)10-6-7-11-14(16)15(17)18/h3-9,11,13H,2,10H2,1H3,(H,17,18). The van der Waals surface area contributed by atoms with E-state index in [9.17, 15) is 9.90 Å². The molecule has 0 radical (unpaired) electrons. The molecule has 3 nitrogen and oxygen atoms in total. The van der Waals surface area contributed by atoms with Crippen LogP contribution in [0.4, 0.5) is 0 Å². The molecule has 1 heterocycles. The lowest BCUT2D eigenvalue weighted by molar-refractivity contribution is -0.134. The van der Waals surface area contributed by atoms with Crippen molar-refractivity contribution in [3.05, 3.63) is 59.8 Å². The SMILES string of the molecule is CCN1C(C(=O)O)=CC=CCC1c1ccccc1. The molecular formula is C15H17NO2. The molecule has 1 aliphatic heterocycles. The van der Waals surface area contributed by atoms with Crippen molar-refractivity contribution in [1.29, 1.82) is 0 Å². The van der Waals surface area contributed by atoms with Crippen LogP contribution in [0.15, 0.2) is 54.3 Å². The van der Waals surface area contributed by atoms with Gasteiger partial charge in [-0.2, -0.15) is 0 Å². The van der Waals surface area contributed by atoms with Crippen LogP contribution in [-0.4, -0.2) is 22.5 Å². The van der Waals surface area contributed by atoms with E-state index in [0.29, 0.717) is 12.2 Å². The predicted molar refractivity (Wildman–Crippen MR) is 71.0 cm³/mol. The van der Waals surface area contributed by atoms with E-state index in [0.717, 1.165) is 12.0 Å². The Hall–Kier alpha value is -2.03. The van der Waals surface area contributed by atoms with Gasteiger partial charge in [-0.3, -0.25) is 0 Å². The zero-order chi connectivity index (χ0) is 13.0. The van der Waals surface area contributed by atoms with Crippen LogP contribution >= 0.6 is 0 Å². The Morgan fingerprint density at radius 3 is 2.72 bits per heavy atom. The summed E-state index contributed by atoms with van der Waals surface area (Å²) >= 11 is 0. The molecule has 1 N–H and O–H groups in total. The Bertz CT molecular complexity index is 477. The van der Waals surface area contributed by atoms with E-state index in [-0.39, 0.29) is 6.04 Å². The van der Waals surface area contributed by atoms with E-state index >= 15 is 0 Å². The molecule has 0 aliphatic carbocycles. The van der Waals surface area contributed by atoms with Crippen molar-refractivity contribution in [1.82, 2.24) is 4.90 Å². The maximum Gasteiger partial charge on any atom is 0.352 e. The third-order valence-corrected chi connectivity index (χ3v) is 3.18. The van der Waals surface area contributed by atoms with Gasteiger partial charge in [-0.25, -0.2) is 4.79 Å². The summed E-state index contributed by atoms with van der Waals surface area (Å²) in [6.07, 6.45) is 6.35. The Morgan fingerprint density at radius 1 is 1.39 bits per heavy atom. The summed E-state index contributed by atoms with van der Waals surface area (Å²) in [6, 6.07) is 10.1. The molecular weight excluding hydrogens is 226 g/mol. The summed E-state index contributed by atoms with van der Waals surface area (Å²) in [4.78, 5) is 13.3. The van der Waals surface area contributed by atoms with Crippen molar-refractivity contribution >= 4 is 5.97 Å². The third-order valence-electron chi connectivity index (χ3n) is 3.18. The topological polar surface area (TPSA) is 40.5 Å². The van der Waals surface area contributed by atoms with Crippen molar-refractivity contribution in [3.63, 3.8) is 0 Å². The fourth-order valence-electron chi connectivity index (χ4n) is 2.33. The van der Waals surface area contributed by atoms with Gasteiger partial charge in [-0.15, -0.1) is 0 Å².